The second kappa shape index (κ2) is 19.2. The Morgan fingerprint density at radius 3 is 1.91 bits per heavy atom. The van der Waals surface area contributed by atoms with Gasteiger partial charge in [-0.2, -0.15) is 0 Å². The van der Waals surface area contributed by atoms with Crippen LogP contribution in [0.15, 0.2) is 12.2 Å². The van der Waals surface area contributed by atoms with Gasteiger partial charge < -0.3 is 4.74 Å². The van der Waals surface area contributed by atoms with Crippen molar-refractivity contribution in [3.8, 4) is 0 Å². The number of halogens is 1. The van der Waals surface area contributed by atoms with Crippen molar-refractivity contribution >= 4 is 5.97 Å². The van der Waals surface area contributed by atoms with E-state index in [1.54, 1.807) is 0 Å². The van der Waals surface area contributed by atoms with Crippen molar-refractivity contribution in [1.29, 1.82) is 0 Å². The smallest absolute Gasteiger partial charge is 0.305 e. The molecule has 23 heavy (non-hydrogen) atoms. The van der Waals surface area contributed by atoms with E-state index < -0.39 is 6.67 Å². The van der Waals surface area contributed by atoms with Gasteiger partial charge in [0.1, 0.15) is 13.3 Å². The maximum Gasteiger partial charge on any atom is 0.305 e. The van der Waals surface area contributed by atoms with Crippen LogP contribution in [0.1, 0.15) is 96.8 Å². The van der Waals surface area contributed by atoms with Crippen molar-refractivity contribution in [2.45, 2.75) is 96.8 Å². The highest BCUT2D eigenvalue weighted by molar-refractivity contribution is 5.69. The van der Waals surface area contributed by atoms with E-state index in [2.05, 4.69) is 23.8 Å². The molecule has 136 valence electrons. The van der Waals surface area contributed by atoms with E-state index >= 15 is 0 Å². The van der Waals surface area contributed by atoms with Crippen LogP contribution in [-0.2, 0) is 9.53 Å². The third kappa shape index (κ3) is 19.1. The highest BCUT2D eigenvalue weighted by atomic mass is 19.1. The summed E-state index contributed by atoms with van der Waals surface area (Å²) in [5, 5.41) is 0. The summed E-state index contributed by atoms with van der Waals surface area (Å²) in [5.41, 5.74) is 0. The fraction of sp³-hybridized carbons (Fsp3) is 0.850. The lowest BCUT2D eigenvalue weighted by molar-refractivity contribution is -0.144. The van der Waals surface area contributed by atoms with Crippen molar-refractivity contribution in [1.82, 2.24) is 0 Å². The number of allylic oxidation sites excluding steroid dienone is 2. The van der Waals surface area contributed by atoms with Gasteiger partial charge in [0.15, 0.2) is 0 Å². The van der Waals surface area contributed by atoms with Gasteiger partial charge in [0.25, 0.3) is 0 Å². The van der Waals surface area contributed by atoms with E-state index in [0.29, 0.717) is 6.42 Å². The zero-order valence-corrected chi connectivity index (χ0v) is 15.2. The van der Waals surface area contributed by atoms with Crippen molar-refractivity contribution in [2.75, 3.05) is 13.3 Å². The molecule has 0 aliphatic heterocycles. The first-order valence-electron chi connectivity index (χ1n) is 9.67. The molecule has 0 aromatic carbocycles. The topological polar surface area (TPSA) is 26.3 Å². The summed E-state index contributed by atoms with van der Waals surface area (Å²) in [4.78, 5) is 11.1. The number of esters is 1. The van der Waals surface area contributed by atoms with Gasteiger partial charge in [-0.25, -0.2) is 4.39 Å². The summed E-state index contributed by atoms with van der Waals surface area (Å²) >= 11 is 0. The van der Waals surface area contributed by atoms with Crippen molar-refractivity contribution in [3.63, 3.8) is 0 Å². The third-order valence-electron chi connectivity index (χ3n) is 3.98. The van der Waals surface area contributed by atoms with Gasteiger partial charge in [0.2, 0.25) is 0 Å². The normalized spacial score (nSPS) is 11.2. The maximum absolute atomic E-state index is 11.8. The standard InChI is InChI=1S/C20H37FO2/c1-2-3-4-5-6-7-8-9-10-11-12-13-14-15-16-17-20(22)23-19-18-21/h9-10H,2-8,11-19H2,1H3/b10-9-. The largest absolute Gasteiger partial charge is 0.463 e. The quantitative estimate of drug-likeness (QED) is 0.172. The van der Waals surface area contributed by atoms with Gasteiger partial charge >= 0.3 is 5.97 Å². The van der Waals surface area contributed by atoms with Crippen LogP contribution in [0.2, 0.25) is 0 Å². The predicted octanol–water partition coefficient (Wildman–Crippen LogP) is 6.54. The van der Waals surface area contributed by atoms with Gasteiger partial charge in [-0.3, -0.25) is 4.79 Å². The molecule has 2 nitrogen and oxygen atoms in total. The van der Waals surface area contributed by atoms with Crippen molar-refractivity contribution < 1.29 is 13.9 Å². The Labute approximate surface area is 142 Å². The number of carbonyl (C=O) groups is 1. The predicted molar refractivity (Wildman–Crippen MR) is 96.4 cm³/mol. The SMILES string of the molecule is CCCCCCCC/C=C\CCCCCCCC(=O)OCCF. The molecule has 0 atom stereocenters. The molecule has 0 unspecified atom stereocenters. The molecule has 0 bridgehead atoms. The molecule has 0 heterocycles. The lowest BCUT2D eigenvalue weighted by atomic mass is 10.1. The number of rotatable bonds is 17. The van der Waals surface area contributed by atoms with Crippen LogP contribution in [0.5, 0.6) is 0 Å². The maximum atomic E-state index is 11.8. The minimum absolute atomic E-state index is 0.0933. The molecule has 0 N–H and O–H groups in total. The van der Waals surface area contributed by atoms with E-state index in [4.69, 9.17) is 0 Å². The first-order chi connectivity index (χ1) is 11.3. The second-order valence-electron chi connectivity index (χ2n) is 6.24. The molecule has 0 saturated heterocycles. The number of hydrogen-bond donors (Lipinski definition) is 0. The van der Waals surface area contributed by atoms with E-state index in [-0.39, 0.29) is 12.6 Å². The molecule has 0 amide bonds. The Balaban J connectivity index is 3.14. The Morgan fingerprint density at radius 1 is 0.826 bits per heavy atom. The van der Waals surface area contributed by atoms with Crippen molar-refractivity contribution in [2.24, 2.45) is 0 Å². The van der Waals surface area contributed by atoms with Gasteiger partial charge in [-0.15, -0.1) is 0 Å². The van der Waals surface area contributed by atoms with Gasteiger partial charge in [0, 0.05) is 6.42 Å². The summed E-state index contributed by atoms with van der Waals surface area (Å²) < 4.78 is 16.5. The summed E-state index contributed by atoms with van der Waals surface area (Å²) in [6.45, 7) is 1.58. The lowest BCUT2D eigenvalue weighted by Gasteiger charge is -2.02. The Kier molecular flexibility index (Phi) is 18.5. The monoisotopic (exact) mass is 328 g/mol. The average Bonchev–Trinajstić information content (AvgIpc) is 2.56. The molecule has 0 rings (SSSR count). The summed E-state index contributed by atoms with van der Waals surface area (Å²) in [7, 11) is 0. The highest BCUT2D eigenvalue weighted by Gasteiger charge is 2.01. The number of carbonyl (C=O) groups excluding carboxylic acids is 1. The molecule has 0 spiro atoms. The van der Waals surface area contributed by atoms with Crippen LogP contribution in [-0.4, -0.2) is 19.3 Å². The molecule has 0 radical (unpaired) electrons. The fourth-order valence-electron chi connectivity index (χ4n) is 2.56. The molecule has 0 aliphatic rings. The van der Waals surface area contributed by atoms with E-state index in [0.717, 1.165) is 12.8 Å². The molecule has 0 aliphatic carbocycles. The van der Waals surface area contributed by atoms with Crippen LogP contribution in [0.4, 0.5) is 4.39 Å². The highest BCUT2D eigenvalue weighted by Crippen LogP contribution is 2.10. The molecule has 0 fully saturated rings. The second-order valence-corrected chi connectivity index (χ2v) is 6.24. The van der Waals surface area contributed by atoms with E-state index in [1.165, 1.54) is 70.6 Å². The minimum atomic E-state index is -0.585. The number of unbranched alkanes of at least 4 members (excludes halogenated alkanes) is 11. The third-order valence-corrected chi connectivity index (χ3v) is 3.98. The summed E-state index contributed by atoms with van der Waals surface area (Å²) in [6.07, 6.45) is 21.2. The Morgan fingerprint density at radius 2 is 1.35 bits per heavy atom. The molecule has 0 aromatic heterocycles. The van der Waals surface area contributed by atoms with Crippen LogP contribution >= 0.6 is 0 Å². The summed E-state index contributed by atoms with van der Waals surface area (Å²) in [6, 6.07) is 0. The first kappa shape index (κ1) is 22.1. The van der Waals surface area contributed by atoms with Crippen molar-refractivity contribution in [3.05, 3.63) is 12.2 Å². The van der Waals surface area contributed by atoms with E-state index in [9.17, 15) is 9.18 Å². The zero-order valence-electron chi connectivity index (χ0n) is 15.2. The van der Waals surface area contributed by atoms with Gasteiger partial charge in [-0.05, 0) is 32.1 Å². The fourth-order valence-corrected chi connectivity index (χ4v) is 2.56. The lowest BCUT2D eigenvalue weighted by Crippen LogP contribution is -2.06. The van der Waals surface area contributed by atoms with E-state index in [1.807, 2.05) is 0 Å². The molecular formula is C20H37FO2. The minimum Gasteiger partial charge on any atom is -0.463 e. The van der Waals surface area contributed by atoms with Crippen LogP contribution in [0.3, 0.4) is 0 Å². The summed E-state index contributed by atoms with van der Waals surface area (Å²) in [5.74, 6) is -0.264. The number of alkyl halides is 1. The zero-order chi connectivity index (χ0) is 17.0. The Bertz CT molecular complexity index is 277. The average molecular weight is 329 g/mol. The van der Waals surface area contributed by atoms with Crippen LogP contribution in [0.25, 0.3) is 0 Å². The van der Waals surface area contributed by atoms with Crippen LogP contribution < -0.4 is 0 Å². The molecular weight excluding hydrogens is 291 g/mol. The first-order valence-corrected chi connectivity index (χ1v) is 9.67. The Hall–Kier alpha value is -0.860. The van der Waals surface area contributed by atoms with Crippen LogP contribution in [0, 0.1) is 0 Å². The molecule has 3 heteroatoms. The van der Waals surface area contributed by atoms with Gasteiger partial charge in [-0.1, -0.05) is 70.4 Å². The van der Waals surface area contributed by atoms with Gasteiger partial charge in [0.05, 0.1) is 0 Å². The number of hydrogen-bond acceptors (Lipinski definition) is 2. The number of ether oxygens (including phenoxy) is 1. The molecule has 0 saturated carbocycles. The molecule has 0 aromatic rings.